The van der Waals surface area contributed by atoms with Gasteiger partial charge in [0.25, 0.3) is 11.6 Å². The molecule has 0 bridgehead atoms. The summed E-state index contributed by atoms with van der Waals surface area (Å²) in [6, 6.07) is 13.5. The van der Waals surface area contributed by atoms with Crippen molar-refractivity contribution in [1.82, 2.24) is 29.8 Å². The van der Waals surface area contributed by atoms with Crippen molar-refractivity contribution in [2.24, 2.45) is 0 Å². The van der Waals surface area contributed by atoms with E-state index >= 15 is 0 Å². The highest BCUT2D eigenvalue weighted by Gasteiger charge is 2.25. The summed E-state index contributed by atoms with van der Waals surface area (Å²) in [7, 11) is 1.80. The molecule has 4 heterocycles. The zero-order valence-electron chi connectivity index (χ0n) is 17.8. The number of aromatic nitrogens is 5. The number of benzene rings is 1. The molecule has 9 heteroatoms. The Morgan fingerprint density at radius 3 is 2.72 bits per heavy atom. The monoisotopic (exact) mass is 444 g/mol. The lowest BCUT2D eigenvalue weighted by Gasteiger charge is -2.26. The van der Waals surface area contributed by atoms with Gasteiger partial charge in [-0.3, -0.25) is 4.79 Å². The van der Waals surface area contributed by atoms with Crippen LogP contribution in [0.2, 0.25) is 0 Å². The molecule has 0 radical (unpaired) electrons. The van der Waals surface area contributed by atoms with Crippen LogP contribution in [0.4, 0.5) is 0 Å². The Hall–Kier alpha value is -3.85. The molecule has 0 saturated carbocycles. The molecule has 1 unspecified atom stereocenters. The highest BCUT2D eigenvalue weighted by atomic mass is 32.1. The predicted octanol–water partition coefficient (Wildman–Crippen LogP) is 4.67. The van der Waals surface area contributed by atoms with E-state index in [0.717, 1.165) is 16.1 Å². The average molecular weight is 445 g/mol. The third kappa shape index (κ3) is 3.46. The van der Waals surface area contributed by atoms with Gasteiger partial charge in [-0.25, -0.2) is 14.6 Å². The topological polar surface area (TPSA) is 89.9 Å². The second kappa shape index (κ2) is 8.01. The highest BCUT2D eigenvalue weighted by molar-refractivity contribution is 7.13. The van der Waals surface area contributed by atoms with Gasteiger partial charge in [0.05, 0.1) is 38.9 Å². The normalized spacial score (nSPS) is 12.2. The van der Waals surface area contributed by atoms with Crippen molar-refractivity contribution < 1.29 is 9.32 Å². The van der Waals surface area contributed by atoms with E-state index in [9.17, 15) is 4.79 Å². The molecule has 1 amide bonds. The van der Waals surface area contributed by atoms with Gasteiger partial charge in [-0.15, -0.1) is 11.3 Å². The molecule has 1 aromatic carbocycles. The van der Waals surface area contributed by atoms with E-state index in [2.05, 4.69) is 20.2 Å². The van der Waals surface area contributed by atoms with Crippen LogP contribution in [-0.4, -0.2) is 42.8 Å². The standard InChI is InChI=1S/C23H20N6O2S/c1-14-21-18(11-19(20-5-4-10-32-20)26-22(21)31-27-14)23(30)28(3)15(2)16-6-8-17(9-7-16)29-13-24-12-25-29/h4-13,15H,1-3H3. The molecular weight excluding hydrogens is 424 g/mol. The van der Waals surface area contributed by atoms with E-state index in [1.165, 1.54) is 6.33 Å². The third-order valence-electron chi connectivity index (χ3n) is 5.58. The van der Waals surface area contributed by atoms with Crippen molar-refractivity contribution in [3.63, 3.8) is 0 Å². The fourth-order valence-electron chi connectivity index (χ4n) is 3.65. The van der Waals surface area contributed by atoms with Gasteiger partial charge >= 0.3 is 0 Å². The lowest BCUT2D eigenvalue weighted by Crippen LogP contribution is -2.30. The summed E-state index contributed by atoms with van der Waals surface area (Å²) in [5.74, 6) is -0.116. The number of thiophene rings is 1. The van der Waals surface area contributed by atoms with Crippen LogP contribution in [0.5, 0.6) is 0 Å². The molecular formula is C23H20N6O2S. The largest absolute Gasteiger partial charge is 0.335 e. The van der Waals surface area contributed by atoms with Crippen molar-refractivity contribution in [1.29, 1.82) is 0 Å². The summed E-state index contributed by atoms with van der Waals surface area (Å²) < 4.78 is 7.10. The lowest BCUT2D eigenvalue weighted by atomic mass is 10.0. The maximum Gasteiger partial charge on any atom is 0.259 e. The molecule has 0 aliphatic carbocycles. The van der Waals surface area contributed by atoms with Crippen LogP contribution in [-0.2, 0) is 0 Å². The Balaban J connectivity index is 1.48. The fraction of sp³-hybridized carbons (Fsp3) is 0.174. The fourth-order valence-corrected chi connectivity index (χ4v) is 4.34. The van der Waals surface area contributed by atoms with Gasteiger partial charge in [0.15, 0.2) is 0 Å². The van der Waals surface area contributed by atoms with Gasteiger partial charge < -0.3 is 9.42 Å². The van der Waals surface area contributed by atoms with Crippen LogP contribution < -0.4 is 0 Å². The summed E-state index contributed by atoms with van der Waals surface area (Å²) in [6.07, 6.45) is 3.14. The van der Waals surface area contributed by atoms with E-state index < -0.39 is 0 Å². The zero-order chi connectivity index (χ0) is 22.2. The molecule has 0 fully saturated rings. The number of aryl methyl sites for hydroxylation is 1. The number of carbonyl (C=O) groups excluding carboxylic acids is 1. The van der Waals surface area contributed by atoms with Gasteiger partial charge in [-0.1, -0.05) is 23.4 Å². The molecule has 0 aliphatic rings. The van der Waals surface area contributed by atoms with E-state index in [0.29, 0.717) is 28.1 Å². The number of rotatable bonds is 5. The van der Waals surface area contributed by atoms with Gasteiger partial charge in [-0.05, 0) is 49.1 Å². The van der Waals surface area contributed by atoms with Gasteiger partial charge in [0.1, 0.15) is 12.7 Å². The maximum absolute atomic E-state index is 13.6. The Morgan fingerprint density at radius 2 is 2.03 bits per heavy atom. The quantitative estimate of drug-likeness (QED) is 0.391. The first-order chi connectivity index (χ1) is 15.5. The summed E-state index contributed by atoms with van der Waals surface area (Å²) in [5.41, 5.74) is 4.16. The van der Waals surface area contributed by atoms with Crippen molar-refractivity contribution in [3.8, 4) is 16.3 Å². The molecule has 0 saturated heterocycles. The molecule has 160 valence electrons. The minimum atomic E-state index is -0.152. The van der Waals surface area contributed by atoms with Crippen LogP contribution >= 0.6 is 11.3 Å². The van der Waals surface area contributed by atoms with E-state index in [1.807, 2.05) is 61.7 Å². The Kier molecular flexibility index (Phi) is 5.02. The Labute approximate surface area is 188 Å². The second-order valence-corrected chi connectivity index (χ2v) is 8.45. The average Bonchev–Trinajstić information content (AvgIpc) is 3.60. The summed E-state index contributed by atoms with van der Waals surface area (Å²) in [4.78, 5) is 24.9. The minimum Gasteiger partial charge on any atom is -0.335 e. The number of fused-ring (bicyclic) bond motifs is 1. The minimum absolute atomic E-state index is 0.116. The van der Waals surface area contributed by atoms with E-state index in [4.69, 9.17) is 4.52 Å². The Bertz CT molecular complexity index is 1370. The molecule has 0 N–H and O–H groups in total. The summed E-state index contributed by atoms with van der Waals surface area (Å²) >= 11 is 1.56. The first-order valence-electron chi connectivity index (χ1n) is 10.1. The molecule has 1 atom stereocenters. The third-order valence-corrected chi connectivity index (χ3v) is 6.47. The van der Waals surface area contributed by atoms with Crippen LogP contribution in [0.3, 0.4) is 0 Å². The number of hydrogen-bond acceptors (Lipinski definition) is 7. The van der Waals surface area contributed by atoms with E-state index in [-0.39, 0.29) is 11.9 Å². The van der Waals surface area contributed by atoms with Crippen LogP contribution in [0, 0.1) is 6.92 Å². The van der Waals surface area contributed by atoms with Gasteiger partial charge in [0, 0.05) is 7.05 Å². The zero-order valence-corrected chi connectivity index (χ0v) is 18.6. The number of hydrogen-bond donors (Lipinski definition) is 0. The first kappa shape index (κ1) is 20.1. The van der Waals surface area contributed by atoms with Crippen LogP contribution in [0.15, 0.2) is 65.0 Å². The predicted molar refractivity (Wildman–Crippen MR) is 122 cm³/mol. The molecule has 32 heavy (non-hydrogen) atoms. The first-order valence-corrected chi connectivity index (χ1v) is 10.9. The number of amides is 1. The molecule has 8 nitrogen and oxygen atoms in total. The molecule has 0 spiro atoms. The summed E-state index contributed by atoms with van der Waals surface area (Å²) in [5, 5.41) is 10.8. The smallest absolute Gasteiger partial charge is 0.259 e. The van der Waals surface area contributed by atoms with Gasteiger partial charge in [0.2, 0.25) is 0 Å². The van der Waals surface area contributed by atoms with Crippen molar-refractivity contribution in [2.75, 3.05) is 7.05 Å². The molecule has 4 aromatic heterocycles. The van der Waals surface area contributed by atoms with Crippen LogP contribution in [0.1, 0.15) is 34.6 Å². The van der Waals surface area contributed by atoms with Crippen molar-refractivity contribution in [3.05, 3.63) is 77.3 Å². The van der Waals surface area contributed by atoms with Crippen molar-refractivity contribution in [2.45, 2.75) is 19.9 Å². The molecule has 0 aliphatic heterocycles. The SMILES string of the molecule is Cc1noc2nc(-c3cccs3)cc(C(=O)N(C)C(C)c3ccc(-n4cncn4)cc3)c12. The number of carbonyl (C=O) groups is 1. The summed E-state index contributed by atoms with van der Waals surface area (Å²) in [6.45, 7) is 3.82. The van der Waals surface area contributed by atoms with Crippen molar-refractivity contribution >= 4 is 28.3 Å². The highest BCUT2D eigenvalue weighted by Crippen LogP contribution is 2.31. The van der Waals surface area contributed by atoms with E-state index in [1.54, 1.807) is 34.3 Å². The second-order valence-electron chi connectivity index (χ2n) is 7.50. The van der Waals surface area contributed by atoms with Crippen LogP contribution in [0.25, 0.3) is 27.4 Å². The van der Waals surface area contributed by atoms with Gasteiger partial charge in [-0.2, -0.15) is 5.10 Å². The molecule has 5 rings (SSSR count). The lowest BCUT2D eigenvalue weighted by molar-refractivity contribution is 0.0744. The Morgan fingerprint density at radius 1 is 1.22 bits per heavy atom. The molecule has 5 aromatic rings. The number of pyridine rings is 1. The number of nitrogens with zero attached hydrogens (tertiary/aromatic N) is 6. The maximum atomic E-state index is 13.6.